The quantitative estimate of drug-likeness (QED) is 0.418. The predicted molar refractivity (Wildman–Crippen MR) is 57.2 cm³/mol. The van der Waals surface area contributed by atoms with Crippen molar-refractivity contribution in [1.29, 1.82) is 0 Å². The normalized spacial score (nSPS) is 13.2. The van der Waals surface area contributed by atoms with Crippen LogP contribution in [0.25, 0.3) is 11.2 Å². The molecule has 2 heterocycles. The molecule has 0 radical (unpaired) electrons. The highest BCUT2D eigenvalue weighted by Crippen LogP contribution is 2.34. The number of aromatic amines is 1. The van der Waals surface area contributed by atoms with E-state index in [0.717, 1.165) is 6.07 Å². The van der Waals surface area contributed by atoms with Crippen LogP contribution in [-0.2, 0) is 9.13 Å². The van der Waals surface area contributed by atoms with E-state index in [4.69, 9.17) is 19.6 Å². The third-order valence-electron chi connectivity index (χ3n) is 1.89. The molecule has 2 aromatic heterocycles. The second-order valence-electron chi connectivity index (χ2n) is 3.19. The number of hydrogen-bond acceptors (Lipinski definition) is 4. The zero-order chi connectivity index (χ0) is 12.8. The molecule has 17 heavy (non-hydrogen) atoms. The maximum absolute atomic E-state index is 10.9. The molecule has 11 heteroatoms. The minimum Gasteiger partial charge on any atom is -0.330 e. The van der Waals surface area contributed by atoms with Gasteiger partial charge in [-0.1, -0.05) is 0 Å². The number of imidazole rings is 1. The first-order valence-corrected chi connectivity index (χ1v) is 7.39. The Kier molecular flexibility index (Phi) is 2.70. The Balaban J connectivity index is 2.64. The van der Waals surface area contributed by atoms with Gasteiger partial charge in [-0.05, 0) is 12.1 Å². The third-order valence-corrected chi connectivity index (χ3v) is 3.50. The van der Waals surface area contributed by atoms with Crippen LogP contribution in [-0.4, -0.2) is 34.5 Å². The summed E-state index contributed by atoms with van der Waals surface area (Å²) in [5, 5.41) is 0. The monoisotopic (exact) mass is 279 g/mol. The Morgan fingerprint density at radius 2 is 1.65 bits per heavy atom. The summed E-state index contributed by atoms with van der Waals surface area (Å²) in [4.78, 5) is 44.8. The number of rotatable bonds is 2. The van der Waals surface area contributed by atoms with Gasteiger partial charge in [-0.2, -0.15) is 0 Å². The molecule has 0 aromatic carbocycles. The molecular weight excluding hydrogens is 272 g/mol. The second-order valence-corrected chi connectivity index (χ2v) is 6.25. The lowest BCUT2D eigenvalue weighted by molar-refractivity contribution is 0.384. The number of H-pyrrole nitrogens is 1. The average Bonchev–Trinajstić information content (AvgIpc) is 2.57. The Morgan fingerprint density at radius 3 is 2.18 bits per heavy atom. The molecule has 0 aliphatic rings. The molecule has 0 amide bonds. The molecule has 2 aromatic rings. The molecule has 0 bridgehead atoms. The zero-order valence-corrected chi connectivity index (χ0v) is 9.84. The van der Waals surface area contributed by atoms with E-state index in [2.05, 4.69) is 15.0 Å². The third kappa shape index (κ3) is 2.44. The van der Waals surface area contributed by atoms with Crippen LogP contribution in [0.3, 0.4) is 0 Å². The van der Waals surface area contributed by atoms with Crippen LogP contribution in [0.5, 0.6) is 0 Å². The van der Waals surface area contributed by atoms with Gasteiger partial charge >= 0.3 is 15.2 Å². The summed E-state index contributed by atoms with van der Waals surface area (Å²) in [6, 6.07) is 2.30. The fourth-order valence-corrected chi connectivity index (χ4v) is 2.15. The summed E-state index contributed by atoms with van der Waals surface area (Å²) >= 11 is 0. The van der Waals surface area contributed by atoms with Crippen LogP contribution < -0.4 is 11.0 Å². The van der Waals surface area contributed by atoms with Crippen LogP contribution in [0, 0.1) is 0 Å². The highest BCUT2D eigenvalue weighted by atomic mass is 31.2. The van der Waals surface area contributed by atoms with Gasteiger partial charge in [0.2, 0.25) is 5.57 Å². The van der Waals surface area contributed by atoms with Crippen molar-refractivity contribution in [1.82, 2.24) is 15.0 Å². The molecule has 0 aliphatic carbocycles. The van der Waals surface area contributed by atoms with Gasteiger partial charge in [0.1, 0.15) is 0 Å². The first-order valence-electron chi connectivity index (χ1n) is 4.17. The molecule has 0 unspecified atom stereocenters. The minimum atomic E-state index is -4.55. The summed E-state index contributed by atoms with van der Waals surface area (Å²) < 4.78 is 21.8. The Labute approximate surface area is 93.9 Å². The lowest BCUT2D eigenvalue weighted by Gasteiger charge is -2.00. The smallest absolute Gasteiger partial charge is 0.330 e. The van der Waals surface area contributed by atoms with Crippen LogP contribution in [0.1, 0.15) is 0 Å². The topological polar surface area (TPSA) is 157 Å². The summed E-state index contributed by atoms with van der Waals surface area (Å²) in [6.45, 7) is 0. The van der Waals surface area contributed by atoms with E-state index in [0.29, 0.717) is 0 Å². The van der Waals surface area contributed by atoms with Crippen molar-refractivity contribution in [2.45, 2.75) is 0 Å². The molecule has 92 valence electrons. The Morgan fingerprint density at radius 1 is 1.00 bits per heavy atom. The predicted octanol–water partition coefficient (Wildman–Crippen LogP) is -1.44. The number of hydrogen-bond donors (Lipinski definition) is 5. The molecular formula is C6H7N3O6P2. The van der Waals surface area contributed by atoms with Gasteiger partial charge in [0.25, 0.3) is 0 Å². The van der Waals surface area contributed by atoms with Crippen molar-refractivity contribution in [3.63, 3.8) is 0 Å². The second kappa shape index (κ2) is 3.71. The molecule has 0 saturated carbocycles. The van der Waals surface area contributed by atoms with E-state index in [-0.39, 0.29) is 11.2 Å². The highest BCUT2D eigenvalue weighted by molar-refractivity contribution is 7.60. The number of fused-ring (bicyclic) bond motifs is 1. The van der Waals surface area contributed by atoms with Crippen LogP contribution in [0.15, 0.2) is 12.1 Å². The van der Waals surface area contributed by atoms with E-state index in [1.54, 1.807) is 0 Å². The van der Waals surface area contributed by atoms with Gasteiger partial charge in [0.15, 0.2) is 11.1 Å². The van der Waals surface area contributed by atoms with Crippen LogP contribution in [0.2, 0.25) is 0 Å². The fourth-order valence-electron chi connectivity index (χ4n) is 1.17. The Hall–Kier alpha value is -1.08. The van der Waals surface area contributed by atoms with Gasteiger partial charge in [-0.15, -0.1) is 0 Å². The van der Waals surface area contributed by atoms with E-state index in [9.17, 15) is 9.13 Å². The maximum atomic E-state index is 10.9. The largest absolute Gasteiger partial charge is 0.391 e. The number of nitrogens with zero attached hydrogens (tertiary/aromatic N) is 2. The SMILES string of the molecule is O=P(O)(O)c1ccc2[nH]c(P(=O)(O)O)nc2n1. The lowest BCUT2D eigenvalue weighted by atomic mass is 10.4. The van der Waals surface area contributed by atoms with E-state index >= 15 is 0 Å². The number of nitrogens with one attached hydrogen (secondary N) is 1. The Bertz CT molecular complexity index is 649. The molecule has 0 atom stereocenters. The number of pyridine rings is 1. The molecule has 2 rings (SSSR count). The highest BCUT2D eigenvalue weighted by Gasteiger charge is 2.24. The zero-order valence-electron chi connectivity index (χ0n) is 8.05. The summed E-state index contributed by atoms with van der Waals surface area (Å²) in [7, 11) is -9.06. The van der Waals surface area contributed by atoms with Crippen molar-refractivity contribution >= 4 is 37.4 Å². The first-order chi connectivity index (χ1) is 7.68. The summed E-state index contributed by atoms with van der Waals surface area (Å²) in [5.74, 6) is 0. The molecule has 0 fully saturated rings. The summed E-state index contributed by atoms with van der Waals surface area (Å²) in [6.07, 6.45) is 0. The standard InChI is InChI=1S/C6H7N3O6P2/c10-16(11,12)4-2-1-3-5(8-4)9-6(7-3)17(13,14)15/h1-2H,(H,7,8,9)(H2,10,11,12)(H2,13,14,15). The van der Waals surface area contributed by atoms with Crippen molar-refractivity contribution in [2.24, 2.45) is 0 Å². The van der Waals surface area contributed by atoms with Crippen molar-refractivity contribution in [3.05, 3.63) is 12.1 Å². The van der Waals surface area contributed by atoms with Gasteiger partial charge in [-0.3, -0.25) is 9.13 Å². The van der Waals surface area contributed by atoms with Crippen LogP contribution in [0.4, 0.5) is 0 Å². The van der Waals surface area contributed by atoms with Gasteiger partial charge < -0.3 is 24.6 Å². The first kappa shape index (κ1) is 12.4. The van der Waals surface area contributed by atoms with E-state index in [1.807, 2.05) is 0 Å². The van der Waals surface area contributed by atoms with E-state index < -0.39 is 26.2 Å². The lowest BCUT2D eigenvalue weighted by Crippen LogP contribution is -2.09. The van der Waals surface area contributed by atoms with Gasteiger partial charge in [-0.25, -0.2) is 9.97 Å². The molecule has 5 N–H and O–H groups in total. The molecule has 0 aliphatic heterocycles. The van der Waals surface area contributed by atoms with Crippen molar-refractivity contribution in [2.75, 3.05) is 0 Å². The van der Waals surface area contributed by atoms with Gasteiger partial charge in [0.05, 0.1) is 5.52 Å². The average molecular weight is 279 g/mol. The molecule has 9 nitrogen and oxygen atoms in total. The fraction of sp³-hybridized carbons (Fsp3) is 0. The van der Waals surface area contributed by atoms with Crippen LogP contribution >= 0.6 is 15.2 Å². The van der Waals surface area contributed by atoms with E-state index in [1.165, 1.54) is 6.07 Å². The van der Waals surface area contributed by atoms with Crippen molar-refractivity contribution < 1.29 is 28.7 Å². The molecule has 0 saturated heterocycles. The van der Waals surface area contributed by atoms with Crippen molar-refractivity contribution in [3.8, 4) is 0 Å². The number of aromatic nitrogens is 3. The minimum absolute atomic E-state index is 0.163. The summed E-state index contributed by atoms with van der Waals surface area (Å²) in [5.41, 5.74) is -1.08. The van der Waals surface area contributed by atoms with Gasteiger partial charge in [0, 0.05) is 0 Å². The molecule has 0 spiro atoms. The maximum Gasteiger partial charge on any atom is 0.391 e.